The van der Waals surface area contributed by atoms with Crippen molar-refractivity contribution in [1.82, 2.24) is 0 Å². The van der Waals surface area contributed by atoms with E-state index < -0.39 is 14.0 Å². The topological polar surface area (TPSA) is 51.2 Å². The SMILES string of the molecule is Cc1ccc(S(=O)(=O)C(Cl)(C=O)c2ccccc2)cc1. The number of aldehydes is 1. The lowest BCUT2D eigenvalue weighted by molar-refractivity contribution is -0.108. The summed E-state index contributed by atoms with van der Waals surface area (Å²) in [5.74, 6) is 0. The molecule has 2 aromatic rings. The number of aryl methyl sites for hydroxylation is 1. The summed E-state index contributed by atoms with van der Waals surface area (Å²) >= 11 is 6.16. The molecule has 0 bridgehead atoms. The third kappa shape index (κ3) is 2.37. The summed E-state index contributed by atoms with van der Waals surface area (Å²) in [4.78, 5) is 11.4. The minimum atomic E-state index is -4.02. The highest BCUT2D eigenvalue weighted by Crippen LogP contribution is 2.37. The van der Waals surface area contributed by atoms with E-state index in [1.165, 1.54) is 24.3 Å². The Kier molecular flexibility index (Phi) is 3.97. The number of rotatable bonds is 4. The molecule has 0 aromatic heterocycles. The second kappa shape index (κ2) is 5.38. The number of carbonyl (C=O) groups is 1. The van der Waals surface area contributed by atoms with Crippen molar-refractivity contribution in [3.63, 3.8) is 0 Å². The number of benzene rings is 2. The largest absolute Gasteiger partial charge is 0.300 e. The van der Waals surface area contributed by atoms with Crippen LogP contribution in [0.2, 0.25) is 0 Å². The van der Waals surface area contributed by atoms with E-state index in [1.54, 1.807) is 30.3 Å². The zero-order valence-corrected chi connectivity index (χ0v) is 12.4. The van der Waals surface area contributed by atoms with Gasteiger partial charge in [0.1, 0.15) is 0 Å². The number of hydrogen-bond acceptors (Lipinski definition) is 3. The van der Waals surface area contributed by atoms with Crippen molar-refractivity contribution in [2.45, 2.75) is 16.0 Å². The lowest BCUT2D eigenvalue weighted by Crippen LogP contribution is -2.31. The van der Waals surface area contributed by atoms with E-state index in [0.29, 0.717) is 0 Å². The van der Waals surface area contributed by atoms with Gasteiger partial charge < -0.3 is 0 Å². The summed E-state index contributed by atoms with van der Waals surface area (Å²) in [7, 11) is -4.02. The van der Waals surface area contributed by atoms with Gasteiger partial charge in [-0.05, 0) is 24.6 Å². The third-order valence-electron chi connectivity index (χ3n) is 3.04. The summed E-state index contributed by atoms with van der Waals surface area (Å²) in [5.41, 5.74) is 1.16. The van der Waals surface area contributed by atoms with Crippen LogP contribution in [0.15, 0.2) is 59.5 Å². The van der Waals surface area contributed by atoms with Gasteiger partial charge in [-0.2, -0.15) is 0 Å². The third-order valence-corrected chi connectivity index (χ3v) is 5.96. The summed E-state index contributed by atoms with van der Waals surface area (Å²) < 4.78 is 23.2. The van der Waals surface area contributed by atoms with E-state index in [1.807, 2.05) is 6.92 Å². The van der Waals surface area contributed by atoms with Gasteiger partial charge in [0.05, 0.1) is 4.90 Å². The Morgan fingerprint density at radius 2 is 1.55 bits per heavy atom. The second-order valence-corrected chi connectivity index (χ2v) is 7.39. The van der Waals surface area contributed by atoms with Crippen LogP contribution in [0.1, 0.15) is 11.1 Å². The molecule has 1 unspecified atom stereocenters. The smallest absolute Gasteiger partial charge is 0.229 e. The van der Waals surface area contributed by atoms with E-state index in [0.717, 1.165) is 5.56 Å². The fourth-order valence-electron chi connectivity index (χ4n) is 1.84. The van der Waals surface area contributed by atoms with Gasteiger partial charge in [-0.1, -0.05) is 59.6 Å². The average Bonchev–Trinajstić information content (AvgIpc) is 2.47. The molecular weight excluding hydrogens is 296 g/mol. The maximum absolute atomic E-state index is 12.6. The molecule has 0 aliphatic carbocycles. The molecular formula is C15H13ClO3S. The number of carbonyl (C=O) groups excluding carboxylic acids is 1. The fourth-order valence-corrected chi connectivity index (χ4v) is 3.64. The van der Waals surface area contributed by atoms with Crippen LogP contribution < -0.4 is 0 Å². The molecule has 3 nitrogen and oxygen atoms in total. The quantitative estimate of drug-likeness (QED) is 0.644. The standard InChI is InChI=1S/C15H13ClO3S/c1-12-7-9-14(10-8-12)20(18,19)15(16,11-17)13-5-3-2-4-6-13/h2-11H,1H3. The maximum Gasteiger partial charge on any atom is 0.229 e. The lowest BCUT2D eigenvalue weighted by atomic mass is 10.1. The van der Waals surface area contributed by atoms with Crippen molar-refractivity contribution in [1.29, 1.82) is 0 Å². The fraction of sp³-hybridized carbons (Fsp3) is 0.133. The Balaban J connectivity index is 2.61. The first-order chi connectivity index (χ1) is 9.41. The van der Waals surface area contributed by atoms with Gasteiger partial charge in [-0.15, -0.1) is 0 Å². The minimum Gasteiger partial charge on any atom is -0.300 e. The number of alkyl halides is 1. The van der Waals surface area contributed by atoms with Crippen LogP contribution in [0.3, 0.4) is 0 Å². The monoisotopic (exact) mass is 308 g/mol. The zero-order chi connectivity index (χ0) is 14.8. The molecule has 0 radical (unpaired) electrons. The van der Waals surface area contributed by atoms with E-state index in [4.69, 9.17) is 11.6 Å². The van der Waals surface area contributed by atoms with E-state index in [2.05, 4.69) is 0 Å². The molecule has 1 atom stereocenters. The Labute approximate surface area is 123 Å². The van der Waals surface area contributed by atoms with Crippen LogP contribution in [0.5, 0.6) is 0 Å². The van der Waals surface area contributed by atoms with Crippen LogP contribution in [0.25, 0.3) is 0 Å². The Morgan fingerprint density at radius 3 is 2.05 bits per heavy atom. The number of sulfone groups is 1. The Hall–Kier alpha value is -1.65. The zero-order valence-electron chi connectivity index (χ0n) is 10.8. The van der Waals surface area contributed by atoms with Crippen LogP contribution in [-0.4, -0.2) is 14.7 Å². The lowest BCUT2D eigenvalue weighted by Gasteiger charge is -2.21. The second-order valence-electron chi connectivity index (χ2n) is 4.45. The first-order valence-corrected chi connectivity index (χ1v) is 7.80. The normalized spacial score (nSPS) is 14.5. The van der Waals surface area contributed by atoms with Crippen molar-refractivity contribution >= 4 is 27.7 Å². The molecule has 0 amide bonds. The molecule has 0 aliphatic rings. The molecule has 5 heteroatoms. The molecule has 0 N–H and O–H groups in total. The first kappa shape index (κ1) is 14.8. The summed E-state index contributed by atoms with van der Waals surface area (Å²) in [6, 6.07) is 14.3. The van der Waals surface area contributed by atoms with Crippen LogP contribution in [-0.2, 0) is 18.8 Å². The average molecular weight is 309 g/mol. The Bertz CT molecular complexity index is 709. The van der Waals surface area contributed by atoms with E-state index in [9.17, 15) is 13.2 Å². The van der Waals surface area contributed by atoms with Gasteiger partial charge in [0.2, 0.25) is 14.0 Å². The highest BCUT2D eigenvalue weighted by molar-refractivity contribution is 7.94. The highest BCUT2D eigenvalue weighted by atomic mass is 35.5. The molecule has 0 fully saturated rings. The molecule has 20 heavy (non-hydrogen) atoms. The maximum atomic E-state index is 12.6. The van der Waals surface area contributed by atoms with Crippen LogP contribution >= 0.6 is 11.6 Å². The molecule has 2 rings (SSSR count). The first-order valence-electron chi connectivity index (χ1n) is 5.94. The van der Waals surface area contributed by atoms with Crippen LogP contribution in [0, 0.1) is 6.92 Å². The minimum absolute atomic E-state index is 0.0223. The van der Waals surface area contributed by atoms with E-state index >= 15 is 0 Å². The van der Waals surface area contributed by atoms with Gasteiger partial charge in [-0.25, -0.2) is 8.42 Å². The summed E-state index contributed by atoms with van der Waals surface area (Å²) in [5, 5.41) is 0. The number of halogens is 1. The van der Waals surface area contributed by atoms with E-state index in [-0.39, 0.29) is 16.7 Å². The van der Waals surface area contributed by atoms with Gasteiger partial charge in [0.15, 0.2) is 6.29 Å². The summed E-state index contributed by atoms with van der Waals surface area (Å²) in [6.45, 7) is 1.85. The van der Waals surface area contributed by atoms with Crippen molar-refractivity contribution in [2.75, 3.05) is 0 Å². The predicted molar refractivity (Wildman–Crippen MR) is 78.4 cm³/mol. The van der Waals surface area contributed by atoms with Gasteiger partial charge in [-0.3, -0.25) is 4.79 Å². The number of hydrogen-bond donors (Lipinski definition) is 0. The van der Waals surface area contributed by atoms with Crippen molar-refractivity contribution in [3.8, 4) is 0 Å². The molecule has 104 valence electrons. The van der Waals surface area contributed by atoms with Crippen molar-refractivity contribution in [3.05, 3.63) is 65.7 Å². The molecule has 0 saturated heterocycles. The molecule has 0 spiro atoms. The molecule has 2 aromatic carbocycles. The van der Waals surface area contributed by atoms with Gasteiger partial charge in [0, 0.05) is 0 Å². The predicted octanol–water partition coefficient (Wildman–Crippen LogP) is 3.06. The van der Waals surface area contributed by atoms with Gasteiger partial charge >= 0.3 is 0 Å². The molecule has 0 heterocycles. The highest BCUT2D eigenvalue weighted by Gasteiger charge is 2.44. The summed E-state index contributed by atoms with van der Waals surface area (Å²) in [6.07, 6.45) is 0.263. The van der Waals surface area contributed by atoms with Crippen molar-refractivity contribution in [2.24, 2.45) is 0 Å². The van der Waals surface area contributed by atoms with Crippen LogP contribution in [0.4, 0.5) is 0 Å². The van der Waals surface area contributed by atoms with Gasteiger partial charge in [0.25, 0.3) is 0 Å². The van der Waals surface area contributed by atoms with Crippen molar-refractivity contribution < 1.29 is 13.2 Å². The molecule has 0 saturated carbocycles. The Morgan fingerprint density at radius 1 is 1.00 bits per heavy atom. The molecule has 0 aliphatic heterocycles.